The fraction of sp³-hybridized carbons (Fsp3) is 0.600. The smallest absolute Gasteiger partial charge is 0.0106 e. The van der Waals surface area contributed by atoms with Gasteiger partial charge in [0, 0.05) is 0 Å². The summed E-state index contributed by atoms with van der Waals surface area (Å²) in [5.41, 5.74) is 3.24. The number of hydrogen-bond acceptors (Lipinski definition) is 0. The van der Waals surface area contributed by atoms with Crippen LogP contribution in [0.4, 0.5) is 0 Å². The Labute approximate surface area is 95.7 Å². The first-order chi connectivity index (χ1) is 6.60. The third-order valence-corrected chi connectivity index (χ3v) is 3.16. The summed E-state index contributed by atoms with van der Waals surface area (Å²) in [5.74, 6) is 0. The van der Waals surface area contributed by atoms with Crippen molar-refractivity contribution in [3.05, 3.63) is 35.4 Å². The molecule has 0 saturated heterocycles. The Morgan fingerprint density at radius 1 is 1.00 bits per heavy atom. The number of rotatable bonds is 4. The third kappa shape index (κ3) is 3.70. The maximum Gasteiger partial charge on any atom is -0.0106 e. The molecule has 0 N–H and O–H groups in total. The van der Waals surface area contributed by atoms with Crippen LogP contribution < -0.4 is 0 Å². The van der Waals surface area contributed by atoms with E-state index in [1.807, 2.05) is 0 Å². The molecule has 1 aromatic rings. The van der Waals surface area contributed by atoms with E-state index in [2.05, 4.69) is 52.0 Å². The molecule has 0 aliphatic carbocycles. The van der Waals surface area contributed by atoms with Crippen molar-refractivity contribution < 1.29 is 0 Å². The molecule has 0 aromatic heterocycles. The van der Waals surface area contributed by atoms with Crippen LogP contribution in [0.3, 0.4) is 0 Å². The molecule has 1 aromatic carbocycles. The maximum atomic E-state index is 2.31. The lowest BCUT2D eigenvalue weighted by Crippen LogP contribution is -2.15. The Hall–Kier alpha value is -0.780. The molecular weight excluding hydrogens is 180 g/mol. The highest BCUT2D eigenvalue weighted by Crippen LogP contribution is 2.26. The second-order valence-electron chi connectivity index (χ2n) is 4.68. The number of benzene rings is 1. The van der Waals surface area contributed by atoms with Crippen LogP contribution >= 0.6 is 0 Å². The molecule has 0 aliphatic heterocycles. The summed E-state index contributed by atoms with van der Waals surface area (Å²) in [5, 5.41) is 0. The fourth-order valence-electron chi connectivity index (χ4n) is 1.62. The van der Waals surface area contributed by atoms with E-state index in [4.69, 9.17) is 0 Å². The van der Waals surface area contributed by atoms with Crippen molar-refractivity contribution in [2.45, 2.75) is 59.8 Å². The van der Waals surface area contributed by atoms with Gasteiger partial charge in [-0.1, -0.05) is 65.8 Å². The van der Waals surface area contributed by atoms with Gasteiger partial charge in [-0.3, -0.25) is 0 Å². The van der Waals surface area contributed by atoms with Gasteiger partial charge in [-0.2, -0.15) is 0 Å². The van der Waals surface area contributed by atoms with E-state index in [-0.39, 0.29) is 7.43 Å². The minimum atomic E-state index is 0. The molecular formula is C15H26. The van der Waals surface area contributed by atoms with Crippen molar-refractivity contribution in [2.75, 3.05) is 0 Å². The van der Waals surface area contributed by atoms with Crippen molar-refractivity contribution >= 4 is 0 Å². The van der Waals surface area contributed by atoms with E-state index >= 15 is 0 Å². The van der Waals surface area contributed by atoms with Crippen LogP contribution in [-0.2, 0) is 11.8 Å². The van der Waals surface area contributed by atoms with Crippen LogP contribution in [0.1, 0.15) is 59.1 Å². The van der Waals surface area contributed by atoms with E-state index in [1.54, 1.807) is 0 Å². The van der Waals surface area contributed by atoms with Crippen molar-refractivity contribution in [3.63, 3.8) is 0 Å². The second kappa shape index (κ2) is 5.95. The van der Waals surface area contributed by atoms with Gasteiger partial charge in [-0.15, -0.1) is 0 Å². The molecule has 0 nitrogen and oxygen atoms in total. The first-order valence-corrected chi connectivity index (χ1v) is 5.69. The molecule has 0 heteroatoms. The van der Waals surface area contributed by atoms with Gasteiger partial charge in [-0.05, 0) is 29.4 Å². The standard InChI is InChI=1S/C14H22.CH4/c1-5-7-12-8-10-13(11-9-12)14(3,4)6-2;/h8-11H,5-7H2,1-4H3;1H4. The van der Waals surface area contributed by atoms with E-state index < -0.39 is 0 Å². The van der Waals surface area contributed by atoms with Crippen LogP contribution in [0.15, 0.2) is 24.3 Å². The average molecular weight is 206 g/mol. The Bertz CT molecular complexity index is 267. The zero-order chi connectivity index (χ0) is 10.6. The Morgan fingerprint density at radius 3 is 1.93 bits per heavy atom. The molecule has 0 heterocycles. The predicted molar refractivity (Wildman–Crippen MR) is 70.5 cm³/mol. The number of hydrogen-bond donors (Lipinski definition) is 0. The molecule has 0 radical (unpaired) electrons. The van der Waals surface area contributed by atoms with E-state index in [0.29, 0.717) is 5.41 Å². The highest BCUT2D eigenvalue weighted by atomic mass is 14.2. The quantitative estimate of drug-likeness (QED) is 0.653. The topological polar surface area (TPSA) is 0 Å². The molecule has 0 amide bonds. The maximum absolute atomic E-state index is 2.31. The van der Waals surface area contributed by atoms with Gasteiger partial charge >= 0.3 is 0 Å². The Morgan fingerprint density at radius 2 is 1.53 bits per heavy atom. The van der Waals surface area contributed by atoms with Crippen LogP contribution in [0.25, 0.3) is 0 Å². The predicted octanol–water partition coefficient (Wildman–Crippen LogP) is 4.96. The van der Waals surface area contributed by atoms with E-state index in [0.717, 1.165) is 0 Å². The zero-order valence-electron chi connectivity index (χ0n) is 9.93. The highest BCUT2D eigenvalue weighted by Gasteiger charge is 2.17. The molecule has 0 atom stereocenters. The summed E-state index contributed by atoms with van der Waals surface area (Å²) < 4.78 is 0. The van der Waals surface area contributed by atoms with Crippen LogP contribution in [-0.4, -0.2) is 0 Å². The second-order valence-corrected chi connectivity index (χ2v) is 4.68. The molecule has 0 saturated carbocycles. The van der Waals surface area contributed by atoms with Crippen molar-refractivity contribution in [2.24, 2.45) is 0 Å². The Balaban J connectivity index is 0.00000196. The third-order valence-electron chi connectivity index (χ3n) is 3.16. The van der Waals surface area contributed by atoms with E-state index in [1.165, 1.54) is 30.4 Å². The largest absolute Gasteiger partial charge is 0.0776 e. The summed E-state index contributed by atoms with van der Waals surface area (Å²) in [7, 11) is 0. The van der Waals surface area contributed by atoms with Crippen molar-refractivity contribution in [1.29, 1.82) is 0 Å². The first kappa shape index (κ1) is 14.2. The zero-order valence-corrected chi connectivity index (χ0v) is 9.93. The van der Waals surface area contributed by atoms with Gasteiger partial charge in [-0.25, -0.2) is 0 Å². The minimum Gasteiger partial charge on any atom is -0.0776 e. The lowest BCUT2D eigenvalue weighted by Gasteiger charge is -2.23. The minimum absolute atomic E-state index is 0. The van der Waals surface area contributed by atoms with Crippen LogP contribution in [0.2, 0.25) is 0 Å². The molecule has 15 heavy (non-hydrogen) atoms. The van der Waals surface area contributed by atoms with Gasteiger partial charge in [0.05, 0.1) is 0 Å². The summed E-state index contributed by atoms with van der Waals surface area (Å²) in [6, 6.07) is 9.12. The van der Waals surface area contributed by atoms with Gasteiger partial charge in [0.1, 0.15) is 0 Å². The average Bonchev–Trinajstić information content (AvgIpc) is 2.19. The molecule has 1 rings (SSSR count). The summed E-state index contributed by atoms with van der Waals surface area (Å²) in [6.45, 7) is 9.09. The summed E-state index contributed by atoms with van der Waals surface area (Å²) in [6.07, 6.45) is 3.63. The van der Waals surface area contributed by atoms with Crippen LogP contribution in [0.5, 0.6) is 0 Å². The SMILES string of the molecule is C.CCCc1ccc(C(C)(C)CC)cc1. The van der Waals surface area contributed by atoms with Crippen LogP contribution in [0, 0.1) is 0 Å². The van der Waals surface area contributed by atoms with Gasteiger partial charge in [0.15, 0.2) is 0 Å². The monoisotopic (exact) mass is 206 g/mol. The fourth-order valence-corrected chi connectivity index (χ4v) is 1.62. The highest BCUT2D eigenvalue weighted by molar-refractivity contribution is 5.28. The molecule has 0 unspecified atom stereocenters. The molecule has 0 bridgehead atoms. The first-order valence-electron chi connectivity index (χ1n) is 5.69. The van der Waals surface area contributed by atoms with Gasteiger partial charge < -0.3 is 0 Å². The van der Waals surface area contributed by atoms with Gasteiger partial charge in [0.2, 0.25) is 0 Å². The molecule has 0 fully saturated rings. The van der Waals surface area contributed by atoms with E-state index in [9.17, 15) is 0 Å². The Kier molecular flexibility index (Phi) is 5.64. The van der Waals surface area contributed by atoms with Crippen molar-refractivity contribution in [1.82, 2.24) is 0 Å². The van der Waals surface area contributed by atoms with Gasteiger partial charge in [0.25, 0.3) is 0 Å². The summed E-state index contributed by atoms with van der Waals surface area (Å²) >= 11 is 0. The summed E-state index contributed by atoms with van der Waals surface area (Å²) in [4.78, 5) is 0. The normalized spacial score (nSPS) is 10.9. The molecule has 0 aliphatic rings. The van der Waals surface area contributed by atoms with Crippen molar-refractivity contribution in [3.8, 4) is 0 Å². The molecule has 0 spiro atoms. The molecule has 86 valence electrons. The lowest BCUT2D eigenvalue weighted by molar-refractivity contribution is 0.506. The number of aryl methyl sites for hydroxylation is 1. The lowest BCUT2D eigenvalue weighted by atomic mass is 9.82.